The molecule has 0 aromatic rings. The standard InChI is InChI=1S/C14H26N2O2/c1-10-9-11(15)3-4-12(10)13(17)16-7-5-14(2,18)6-8-16/h10-12,18H,3-9,15H2,1-2H3. The number of hydrogen-bond acceptors (Lipinski definition) is 3. The smallest absolute Gasteiger partial charge is 0.225 e. The van der Waals surface area contributed by atoms with Gasteiger partial charge in [-0.15, -0.1) is 0 Å². The number of nitrogens with zero attached hydrogens (tertiary/aromatic N) is 1. The minimum Gasteiger partial charge on any atom is -0.390 e. The molecule has 0 aromatic carbocycles. The van der Waals surface area contributed by atoms with Crippen LogP contribution < -0.4 is 5.73 Å². The molecular formula is C14H26N2O2. The van der Waals surface area contributed by atoms with Gasteiger partial charge in [0.1, 0.15) is 0 Å². The zero-order chi connectivity index (χ0) is 13.3. The number of aliphatic hydroxyl groups is 1. The number of carbonyl (C=O) groups is 1. The van der Waals surface area contributed by atoms with E-state index in [1.54, 1.807) is 0 Å². The molecule has 0 spiro atoms. The zero-order valence-electron chi connectivity index (χ0n) is 11.6. The lowest BCUT2D eigenvalue weighted by Crippen LogP contribution is -2.49. The van der Waals surface area contributed by atoms with Crippen LogP contribution in [0.1, 0.15) is 46.0 Å². The van der Waals surface area contributed by atoms with E-state index in [4.69, 9.17) is 5.73 Å². The molecule has 2 aliphatic rings. The summed E-state index contributed by atoms with van der Waals surface area (Å²) in [5, 5.41) is 9.92. The third kappa shape index (κ3) is 3.04. The van der Waals surface area contributed by atoms with Gasteiger partial charge in [0, 0.05) is 25.0 Å². The predicted octanol–water partition coefficient (Wildman–Crippen LogP) is 1.12. The fourth-order valence-corrected chi connectivity index (χ4v) is 3.25. The van der Waals surface area contributed by atoms with Crippen LogP contribution >= 0.6 is 0 Å². The Balaban J connectivity index is 1.92. The minimum absolute atomic E-state index is 0.146. The Morgan fingerprint density at radius 1 is 1.33 bits per heavy atom. The number of carbonyl (C=O) groups excluding carboxylic acids is 1. The molecule has 2 rings (SSSR count). The van der Waals surface area contributed by atoms with Crippen LogP contribution in [0.2, 0.25) is 0 Å². The second-order valence-corrected chi connectivity index (χ2v) is 6.48. The van der Waals surface area contributed by atoms with E-state index in [9.17, 15) is 9.90 Å². The molecule has 0 aromatic heterocycles. The van der Waals surface area contributed by atoms with Gasteiger partial charge >= 0.3 is 0 Å². The zero-order valence-corrected chi connectivity index (χ0v) is 11.6. The highest BCUT2D eigenvalue weighted by atomic mass is 16.3. The SMILES string of the molecule is CC1CC(N)CCC1C(=O)N1CCC(C)(O)CC1. The maximum Gasteiger partial charge on any atom is 0.225 e. The molecule has 3 unspecified atom stereocenters. The molecule has 1 amide bonds. The van der Waals surface area contributed by atoms with E-state index in [2.05, 4.69) is 6.92 Å². The Hall–Kier alpha value is -0.610. The minimum atomic E-state index is -0.586. The Kier molecular flexibility index (Phi) is 3.97. The molecule has 0 bridgehead atoms. The van der Waals surface area contributed by atoms with Crippen molar-refractivity contribution < 1.29 is 9.90 Å². The molecule has 4 nitrogen and oxygen atoms in total. The van der Waals surface area contributed by atoms with Crippen LogP contribution in [0.15, 0.2) is 0 Å². The summed E-state index contributed by atoms with van der Waals surface area (Å²) in [6, 6.07) is 0.270. The average molecular weight is 254 g/mol. The van der Waals surface area contributed by atoms with Gasteiger partial charge in [-0.2, -0.15) is 0 Å². The summed E-state index contributed by atoms with van der Waals surface area (Å²) >= 11 is 0. The molecule has 18 heavy (non-hydrogen) atoms. The van der Waals surface area contributed by atoms with Crippen LogP contribution in [0.3, 0.4) is 0 Å². The van der Waals surface area contributed by atoms with E-state index in [-0.39, 0.29) is 17.9 Å². The summed E-state index contributed by atoms with van der Waals surface area (Å²) in [7, 11) is 0. The molecule has 1 aliphatic carbocycles. The van der Waals surface area contributed by atoms with Gasteiger partial charge in [0.15, 0.2) is 0 Å². The highest BCUT2D eigenvalue weighted by Gasteiger charge is 2.36. The van der Waals surface area contributed by atoms with Crippen molar-refractivity contribution in [3.05, 3.63) is 0 Å². The van der Waals surface area contributed by atoms with Gasteiger partial charge < -0.3 is 15.7 Å². The molecule has 1 saturated heterocycles. The first-order chi connectivity index (χ1) is 8.39. The van der Waals surface area contributed by atoms with E-state index in [0.717, 1.165) is 19.3 Å². The van der Waals surface area contributed by atoms with Gasteiger partial charge in [-0.05, 0) is 44.9 Å². The first-order valence-corrected chi connectivity index (χ1v) is 7.16. The number of nitrogens with two attached hydrogens (primary N) is 1. The van der Waals surface area contributed by atoms with E-state index in [1.165, 1.54) is 0 Å². The Labute approximate surface area is 110 Å². The predicted molar refractivity (Wildman–Crippen MR) is 70.9 cm³/mol. The molecule has 4 heteroatoms. The van der Waals surface area contributed by atoms with Crippen molar-refractivity contribution in [3.8, 4) is 0 Å². The number of amides is 1. The van der Waals surface area contributed by atoms with Gasteiger partial charge in [-0.25, -0.2) is 0 Å². The van der Waals surface area contributed by atoms with E-state index in [1.807, 2.05) is 11.8 Å². The fraction of sp³-hybridized carbons (Fsp3) is 0.929. The van der Waals surface area contributed by atoms with Crippen LogP contribution in [-0.4, -0.2) is 40.6 Å². The summed E-state index contributed by atoms with van der Waals surface area (Å²) in [4.78, 5) is 14.4. The maximum atomic E-state index is 12.5. The summed E-state index contributed by atoms with van der Waals surface area (Å²) < 4.78 is 0. The van der Waals surface area contributed by atoms with Crippen molar-refractivity contribution in [1.29, 1.82) is 0 Å². The monoisotopic (exact) mass is 254 g/mol. The van der Waals surface area contributed by atoms with Crippen LogP contribution in [-0.2, 0) is 4.79 Å². The lowest BCUT2D eigenvalue weighted by Gasteiger charge is -2.40. The molecule has 104 valence electrons. The van der Waals surface area contributed by atoms with Gasteiger partial charge in [0.05, 0.1) is 5.60 Å². The Morgan fingerprint density at radius 2 is 1.94 bits per heavy atom. The fourth-order valence-electron chi connectivity index (χ4n) is 3.25. The Bertz CT molecular complexity index is 307. The third-order valence-electron chi connectivity index (χ3n) is 4.68. The molecule has 1 aliphatic heterocycles. The summed E-state index contributed by atoms with van der Waals surface area (Å²) in [5.74, 6) is 0.821. The van der Waals surface area contributed by atoms with Crippen molar-refractivity contribution in [1.82, 2.24) is 4.90 Å². The molecule has 1 saturated carbocycles. The van der Waals surface area contributed by atoms with Crippen LogP contribution in [0.25, 0.3) is 0 Å². The van der Waals surface area contributed by atoms with Crippen molar-refractivity contribution in [2.24, 2.45) is 17.6 Å². The third-order valence-corrected chi connectivity index (χ3v) is 4.68. The molecule has 1 heterocycles. The maximum absolute atomic E-state index is 12.5. The lowest BCUT2D eigenvalue weighted by atomic mass is 9.77. The number of hydrogen-bond donors (Lipinski definition) is 2. The van der Waals surface area contributed by atoms with Crippen LogP contribution in [0, 0.1) is 11.8 Å². The summed E-state index contributed by atoms with van der Waals surface area (Å²) in [6.45, 7) is 5.39. The van der Waals surface area contributed by atoms with Crippen molar-refractivity contribution in [2.45, 2.75) is 57.6 Å². The van der Waals surface area contributed by atoms with E-state index < -0.39 is 5.60 Å². The largest absolute Gasteiger partial charge is 0.390 e. The van der Waals surface area contributed by atoms with Gasteiger partial charge in [0.2, 0.25) is 5.91 Å². The van der Waals surface area contributed by atoms with Gasteiger partial charge in [0.25, 0.3) is 0 Å². The molecule has 0 radical (unpaired) electrons. The molecule has 3 N–H and O–H groups in total. The molecule has 2 fully saturated rings. The van der Waals surface area contributed by atoms with Crippen LogP contribution in [0.4, 0.5) is 0 Å². The Morgan fingerprint density at radius 3 is 2.50 bits per heavy atom. The average Bonchev–Trinajstić information content (AvgIpc) is 2.28. The second-order valence-electron chi connectivity index (χ2n) is 6.48. The van der Waals surface area contributed by atoms with E-state index in [0.29, 0.717) is 31.8 Å². The first-order valence-electron chi connectivity index (χ1n) is 7.16. The van der Waals surface area contributed by atoms with Crippen LogP contribution in [0.5, 0.6) is 0 Å². The topological polar surface area (TPSA) is 66.6 Å². The number of piperidine rings is 1. The normalized spacial score (nSPS) is 36.4. The second kappa shape index (κ2) is 5.17. The highest BCUT2D eigenvalue weighted by Crippen LogP contribution is 2.32. The van der Waals surface area contributed by atoms with Gasteiger partial charge in [-0.1, -0.05) is 6.92 Å². The first kappa shape index (κ1) is 13.8. The lowest BCUT2D eigenvalue weighted by molar-refractivity contribution is -0.142. The number of likely N-dealkylation sites (tertiary alicyclic amines) is 1. The summed E-state index contributed by atoms with van der Waals surface area (Å²) in [5.41, 5.74) is 5.36. The van der Waals surface area contributed by atoms with Crippen molar-refractivity contribution >= 4 is 5.91 Å². The molecule has 3 atom stereocenters. The summed E-state index contributed by atoms with van der Waals surface area (Å²) in [6.07, 6.45) is 4.24. The molecular weight excluding hydrogens is 228 g/mol. The van der Waals surface area contributed by atoms with Crippen molar-refractivity contribution in [2.75, 3.05) is 13.1 Å². The van der Waals surface area contributed by atoms with Crippen molar-refractivity contribution in [3.63, 3.8) is 0 Å². The highest BCUT2D eigenvalue weighted by molar-refractivity contribution is 5.79. The quantitative estimate of drug-likeness (QED) is 0.737. The number of rotatable bonds is 1. The van der Waals surface area contributed by atoms with E-state index >= 15 is 0 Å². The van der Waals surface area contributed by atoms with Gasteiger partial charge in [-0.3, -0.25) is 4.79 Å².